The van der Waals surface area contributed by atoms with Crippen molar-refractivity contribution < 1.29 is 0 Å². The number of aromatic nitrogens is 14. The van der Waals surface area contributed by atoms with Gasteiger partial charge in [0.15, 0.2) is 0 Å². The van der Waals surface area contributed by atoms with Crippen molar-refractivity contribution in [2.45, 2.75) is 0 Å². The molecule has 0 bridgehead atoms. The largest absolute Gasteiger partial charge is 0.250 e. The molecule has 0 saturated heterocycles. The highest BCUT2D eigenvalue weighted by molar-refractivity contribution is 5.33. The van der Waals surface area contributed by atoms with Crippen molar-refractivity contribution >= 4 is 0 Å². The molecule has 3 rings (SSSR count). The van der Waals surface area contributed by atoms with E-state index >= 15 is 0 Å². The number of rotatable bonds is 2. The van der Waals surface area contributed by atoms with Gasteiger partial charge in [0.05, 0.1) is 0 Å². The zero-order valence-corrected chi connectivity index (χ0v) is 7.26. The fourth-order valence-corrected chi connectivity index (χ4v) is 0.901. The third-order valence-corrected chi connectivity index (χ3v) is 1.48. The first-order valence-electron chi connectivity index (χ1n) is 3.74. The molecular weight excluding hydrogens is 220 g/mol. The maximum Gasteiger partial charge on any atom is 0.250 e. The second-order valence-corrected chi connectivity index (χ2v) is 2.32. The first kappa shape index (κ1) is 8.26. The normalized spacial score (nSPS) is 10.5. The Kier molecular flexibility index (Phi) is 1.68. The molecule has 3 heterocycles. The fraction of sp³-hybridized carbons (Fsp3) is 0. The molecule has 0 aliphatic carbocycles. The first-order valence-corrected chi connectivity index (χ1v) is 3.74. The maximum atomic E-state index is 3.66. The van der Waals surface area contributed by atoms with E-state index in [0.717, 1.165) is 9.59 Å². The number of hydrogen-bond acceptors (Lipinski definition) is 12. The molecule has 0 radical (unpaired) electrons. The number of hydrogen-bond donors (Lipinski definition) is 0. The van der Waals surface area contributed by atoms with E-state index in [1.807, 2.05) is 0 Å². The molecule has 0 saturated carbocycles. The van der Waals surface area contributed by atoms with Crippen LogP contribution in [0.25, 0.3) is 11.6 Å². The Hall–Kier alpha value is -3.06. The first-order chi connectivity index (χ1) is 7.95. The molecule has 0 N–H and O–H groups in total. The van der Waals surface area contributed by atoms with Crippen molar-refractivity contribution in [2.24, 2.45) is 0 Å². The Morgan fingerprint density at radius 1 is 0.500 bits per heavy atom. The van der Waals surface area contributed by atoms with Crippen molar-refractivity contribution in [2.75, 3.05) is 0 Å². The third kappa shape index (κ3) is 1.21. The van der Waals surface area contributed by atoms with E-state index in [1.165, 1.54) is 0 Å². The van der Waals surface area contributed by atoms with Gasteiger partial charge in [0, 0.05) is 0 Å². The van der Waals surface area contributed by atoms with Crippen LogP contribution in [0.15, 0.2) is 0 Å². The summed E-state index contributed by atoms with van der Waals surface area (Å²) in [4.78, 5) is 1.97. The van der Waals surface area contributed by atoms with Gasteiger partial charge in [0.1, 0.15) is 0 Å². The standard InChI is InChI=1S/C2N14/c3-1(15-11-7-8-12-15)2(4-6-5-3)16-13-9-10-14-16. The van der Waals surface area contributed by atoms with E-state index in [9.17, 15) is 0 Å². The van der Waals surface area contributed by atoms with Gasteiger partial charge in [0.2, 0.25) is 11.6 Å². The highest BCUT2D eigenvalue weighted by Gasteiger charge is 2.15. The van der Waals surface area contributed by atoms with Gasteiger partial charge in [0.25, 0.3) is 0 Å². The molecule has 0 fully saturated rings. The van der Waals surface area contributed by atoms with E-state index in [2.05, 4.69) is 62.3 Å². The lowest BCUT2D eigenvalue weighted by atomic mass is 10.6. The molecule has 0 amide bonds. The van der Waals surface area contributed by atoms with Crippen LogP contribution in [0.3, 0.4) is 0 Å². The molecule has 0 atom stereocenters. The summed E-state index contributed by atoms with van der Waals surface area (Å²) in [5, 5.41) is 41.2. The van der Waals surface area contributed by atoms with Gasteiger partial charge in [-0.3, -0.25) is 0 Å². The quantitative estimate of drug-likeness (QED) is 0.411. The van der Waals surface area contributed by atoms with E-state index in [0.29, 0.717) is 0 Å². The highest BCUT2D eigenvalue weighted by Crippen LogP contribution is 2.04. The average Bonchev–Trinajstić information content (AvgIpc) is 3.03. The van der Waals surface area contributed by atoms with Crippen molar-refractivity contribution in [1.82, 2.24) is 71.9 Å². The summed E-state index contributed by atoms with van der Waals surface area (Å²) in [5.41, 5.74) is 0. The van der Waals surface area contributed by atoms with Gasteiger partial charge >= 0.3 is 0 Å². The van der Waals surface area contributed by atoms with Gasteiger partial charge in [-0.2, -0.15) is 0 Å². The summed E-state index contributed by atoms with van der Waals surface area (Å²) < 4.78 is 0. The molecular formula is C2N14. The van der Waals surface area contributed by atoms with Crippen LogP contribution in [0.2, 0.25) is 0 Å². The SMILES string of the molecule is n1nnc(-n2nnnn2)c(-n2nnnn2)n1. The molecule has 0 aromatic carbocycles. The van der Waals surface area contributed by atoms with E-state index in [1.54, 1.807) is 0 Å². The van der Waals surface area contributed by atoms with Crippen LogP contribution >= 0.6 is 0 Å². The zero-order chi connectivity index (χ0) is 10.8. The van der Waals surface area contributed by atoms with Crippen LogP contribution in [0.1, 0.15) is 0 Å². The molecule has 78 valence electrons. The van der Waals surface area contributed by atoms with Crippen molar-refractivity contribution in [1.29, 1.82) is 0 Å². The van der Waals surface area contributed by atoms with E-state index < -0.39 is 0 Å². The van der Waals surface area contributed by atoms with Crippen LogP contribution in [0.5, 0.6) is 0 Å². The van der Waals surface area contributed by atoms with Gasteiger partial charge < -0.3 is 0 Å². The lowest BCUT2D eigenvalue weighted by molar-refractivity contribution is 0.592. The zero-order valence-electron chi connectivity index (χ0n) is 7.26. The highest BCUT2D eigenvalue weighted by atomic mass is 15.8. The van der Waals surface area contributed by atoms with Crippen LogP contribution in [-0.4, -0.2) is 71.9 Å². The Labute approximate surface area is 84.6 Å². The Morgan fingerprint density at radius 3 is 1.25 bits per heavy atom. The van der Waals surface area contributed by atoms with Crippen LogP contribution in [0.4, 0.5) is 0 Å². The monoisotopic (exact) mass is 220 g/mol. The number of nitrogens with zero attached hydrogens (tertiary/aromatic N) is 14. The Bertz CT molecular complexity index is 509. The summed E-state index contributed by atoms with van der Waals surface area (Å²) in [6.07, 6.45) is 0. The van der Waals surface area contributed by atoms with E-state index in [-0.39, 0.29) is 11.6 Å². The fourth-order valence-electron chi connectivity index (χ4n) is 0.901. The summed E-state index contributed by atoms with van der Waals surface area (Å²) in [6, 6.07) is 0. The van der Waals surface area contributed by atoms with Crippen molar-refractivity contribution in [3.05, 3.63) is 0 Å². The van der Waals surface area contributed by atoms with Gasteiger partial charge in [-0.1, -0.05) is 9.59 Å². The molecule has 3 aromatic heterocycles. The summed E-state index contributed by atoms with van der Waals surface area (Å²) >= 11 is 0. The predicted molar refractivity (Wildman–Crippen MR) is 38.6 cm³/mol. The molecule has 0 unspecified atom stereocenters. The van der Waals surface area contributed by atoms with Gasteiger partial charge in [-0.25, -0.2) is 0 Å². The molecule has 14 heteroatoms. The minimum Gasteiger partial charge on any atom is -0.102 e. The minimum atomic E-state index is 0.0970. The molecule has 14 nitrogen and oxygen atoms in total. The summed E-state index contributed by atoms with van der Waals surface area (Å²) in [6.45, 7) is 0. The smallest absolute Gasteiger partial charge is 0.102 e. The topological polar surface area (TPSA) is 165 Å². The minimum absolute atomic E-state index is 0.0970. The van der Waals surface area contributed by atoms with Crippen molar-refractivity contribution in [3.8, 4) is 11.6 Å². The Balaban J connectivity index is 2.19. The molecule has 16 heavy (non-hydrogen) atoms. The van der Waals surface area contributed by atoms with Crippen LogP contribution < -0.4 is 0 Å². The maximum absolute atomic E-state index is 3.66. The molecule has 0 spiro atoms. The second-order valence-electron chi connectivity index (χ2n) is 2.32. The lowest BCUT2D eigenvalue weighted by Gasteiger charge is -1.98. The summed E-state index contributed by atoms with van der Waals surface area (Å²) in [5.74, 6) is 0.194. The lowest BCUT2D eigenvalue weighted by Crippen LogP contribution is -2.15. The van der Waals surface area contributed by atoms with Gasteiger partial charge in [-0.05, 0) is 52.1 Å². The van der Waals surface area contributed by atoms with Crippen LogP contribution in [-0.2, 0) is 0 Å². The Morgan fingerprint density at radius 2 is 0.875 bits per heavy atom. The van der Waals surface area contributed by atoms with Crippen LogP contribution in [0, 0.1) is 0 Å². The average molecular weight is 220 g/mol. The molecule has 3 aromatic rings. The van der Waals surface area contributed by atoms with Crippen molar-refractivity contribution in [3.63, 3.8) is 0 Å². The molecule has 0 aliphatic rings. The third-order valence-electron chi connectivity index (χ3n) is 1.48. The predicted octanol–water partition coefficient (Wildman–Crippen LogP) is -3.99. The van der Waals surface area contributed by atoms with E-state index in [4.69, 9.17) is 0 Å². The van der Waals surface area contributed by atoms with Gasteiger partial charge in [-0.15, -0.1) is 10.2 Å². The molecule has 0 aliphatic heterocycles. The second kappa shape index (κ2) is 3.26. The summed E-state index contributed by atoms with van der Waals surface area (Å²) in [7, 11) is 0.